The van der Waals surface area contributed by atoms with Crippen LogP contribution in [0.1, 0.15) is 118 Å². The second-order valence-electron chi connectivity index (χ2n) is 24.4. The maximum absolute atomic E-state index is 14.3. The number of carbonyl (C=O) groups excluding carboxylic acids is 6. The van der Waals surface area contributed by atoms with Gasteiger partial charge in [-0.05, 0) is 109 Å². The van der Waals surface area contributed by atoms with Crippen LogP contribution in [0, 0.1) is 22.7 Å². The van der Waals surface area contributed by atoms with Crippen molar-refractivity contribution in [2.24, 2.45) is 28.4 Å². The molecule has 2 saturated heterocycles. The molecule has 0 aromatic heterocycles. The summed E-state index contributed by atoms with van der Waals surface area (Å²) in [6.45, 7) is 18.2. The van der Waals surface area contributed by atoms with Crippen LogP contribution in [0.4, 0.5) is 0 Å². The Morgan fingerprint density at radius 3 is 1.65 bits per heavy atom. The standard InChI is InChI=1S/C62H87N7O10S2/c1-10-43(2)58(73)65-57(62(7,8)9)60(75)69-33-18-24-50(69)41-66(34-29-45-19-13-11-14-20-45)55(71)31-36-80(76,77)51-27-25-48-38-52(28-26-47(48)37-51)81(78,79)64-40-56(72)67(35-30-46-21-15-12-16-22-46)42-49-23-17-32-68(49)59(74)53(61(4,5)6)39-54(70)44(3)63/h11-16,19-22,25-28,37-38,43-44,49-50,53,57,64H,10,17-18,23-24,29-36,39-42,63H2,1-9H3,(H,65,73)/t43-,44+,49+,50+,53-,57-/m1/s1. The number of ketones is 1. The molecular weight excluding hydrogens is 1070 g/mol. The van der Waals surface area contributed by atoms with Crippen LogP contribution in [0.25, 0.3) is 10.8 Å². The van der Waals surface area contributed by atoms with Gasteiger partial charge >= 0.3 is 0 Å². The van der Waals surface area contributed by atoms with E-state index in [1.54, 1.807) is 26.5 Å². The van der Waals surface area contributed by atoms with Gasteiger partial charge in [0.25, 0.3) is 0 Å². The van der Waals surface area contributed by atoms with Crippen LogP contribution in [0.2, 0.25) is 0 Å². The summed E-state index contributed by atoms with van der Waals surface area (Å²) in [4.78, 5) is 89.4. The minimum Gasteiger partial charge on any atom is -0.344 e. The number of benzene rings is 4. The average molecular weight is 1150 g/mol. The Bertz CT molecular complexity index is 3070. The van der Waals surface area contributed by atoms with E-state index in [9.17, 15) is 45.6 Å². The van der Waals surface area contributed by atoms with Gasteiger partial charge in [-0.15, -0.1) is 0 Å². The average Bonchev–Trinajstić information content (AvgIpc) is 4.22. The van der Waals surface area contributed by atoms with E-state index in [1.807, 2.05) is 116 Å². The molecule has 6 atom stereocenters. The van der Waals surface area contributed by atoms with Crippen LogP contribution in [0.3, 0.4) is 0 Å². The molecule has 4 aromatic rings. The molecule has 0 radical (unpaired) electrons. The minimum atomic E-state index is -4.27. The second kappa shape index (κ2) is 27.8. The fourth-order valence-corrected chi connectivity index (χ4v) is 12.9. The van der Waals surface area contributed by atoms with E-state index in [0.29, 0.717) is 75.4 Å². The van der Waals surface area contributed by atoms with Crippen molar-refractivity contribution in [1.82, 2.24) is 29.6 Å². The molecule has 2 aliphatic rings. The molecule has 0 spiro atoms. The topological polar surface area (TPSA) is 234 Å². The van der Waals surface area contributed by atoms with Crippen molar-refractivity contribution in [2.75, 3.05) is 51.6 Å². The summed E-state index contributed by atoms with van der Waals surface area (Å²) in [5, 5.41) is 3.88. The van der Waals surface area contributed by atoms with E-state index in [4.69, 9.17) is 5.73 Å². The van der Waals surface area contributed by atoms with Crippen LogP contribution in [-0.2, 0) is 61.5 Å². The highest BCUT2D eigenvalue weighted by molar-refractivity contribution is 7.91. The maximum Gasteiger partial charge on any atom is 0.246 e. The zero-order chi connectivity index (χ0) is 59.5. The zero-order valence-corrected chi connectivity index (χ0v) is 50.6. The lowest BCUT2D eigenvalue weighted by atomic mass is 9.76. The van der Waals surface area contributed by atoms with E-state index in [1.165, 1.54) is 36.4 Å². The second-order valence-corrected chi connectivity index (χ2v) is 28.2. The summed E-state index contributed by atoms with van der Waals surface area (Å²) in [5.74, 6) is -3.01. The van der Waals surface area contributed by atoms with Crippen molar-refractivity contribution < 1.29 is 45.6 Å². The van der Waals surface area contributed by atoms with Crippen LogP contribution in [0.15, 0.2) is 107 Å². The first-order chi connectivity index (χ1) is 38.1. The van der Waals surface area contributed by atoms with Gasteiger partial charge in [0.1, 0.15) is 11.8 Å². The van der Waals surface area contributed by atoms with Crippen LogP contribution in [0.5, 0.6) is 0 Å². The molecule has 81 heavy (non-hydrogen) atoms. The summed E-state index contributed by atoms with van der Waals surface area (Å²) in [6.07, 6.45) is 4.01. The van der Waals surface area contributed by atoms with Gasteiger partial charge in [-0.2, -0.15) is 0 Å². The van der Waals surface area contributed by atoms with Gasteiger partial charge in [-0.3, -0.25) is 28.8 Å². The molecule has 0 saturated carbocycles. The number of fused-ring (bicyclic) bond motifs is 1. The summed E-state index contributed by atoms with van der Waals surface area (Å²) < 4.78 is 58.3. The van der Waals surface area contributed by atoms with Crippen LogP contribution >= 0.6 is 0 Å². The molecule has 6 rings (SSSR count). The molecule has 0 bridgehead atoms. The van der Waals surface area contributed by atoms with Crippen molar-refractivity contribution in [1.29, 1.82) is 0 Å². The molecule has 442 valence electrons. The molecule has 19 heteroatoms. The normalized spacial score (nSPS) is 17.6. The van der Waals surface area contributed by atoms with Gasteiger partial charge in [0.15, 0.2) is 9.84 Å². The Labute approximate surface area is 481 Å². The van der Waals surface area contributed by atoms with Gasteiger partial charge < -0.3 is 30.7 Å². The largest absolute Gasteiger partial charge is 0.344 e. The van der Waals surface area contributed by atoms with Gasteiger partial charge in [0.2, 0.25) is 39.6 Å². The Hall–Kier alpha value is -6.02. The first kappa shape index (κ1) is 64.2. The van der Waals surface area contributed by atoms with E-state index in [2.05, 4.69) is 10.0 Å². The van der Waals surface area contributed by atoms with Crippen molar-refractivity contribution in [3.05, 3.63) is 108 Å². The van der Waals surface area contributed by atoms with Crippen molar-refractivity contribution in [3.8, 4) is 0 Å². The van der Waals surface area contributed by atoms with E-state index in [0.717, 1.165) is 11.1 Å². The number of amides is 5. The summed E-state index contributed by atoms with van der Waals surface area (Å²) >= 11 is 0. The van der Waals surface area contributed by atoms with Gasteiger partial charge in [0, 0.05) is 76.0 Å². The molecule has 5 amide bonds. The number of likely N-dealkylation sites (tertiary alicyclic amines) is 2. The molecule has 4 N–H and O–H groups in total. The number of nitrogens with one attached hydrogen (secondary N) is 2. The zero-order valence-electron chi connectivity index (χ0n) is 49.0. The molecule has 2 heterocycles. The number of nitrogens with zero attached hydrogens (tertiary/aromatic N) is 4. The lowest BCUT2D eigenvalue weighted by Gasteiger charge is -2.37. The Morgan fingerprint density at radius 1 is 0.667 bits per heavy atom. The van der Waals surface area contributed by atoms with Crippen molar-refractivity contribution in [2.45, 2.75) is 154 Å². The first-order valence-electron chi connectivity index (χ1n) is 28.7. The number of sulfone groups is 1. The number of carbonyl (C=O) groups is 6. The quantitative estimate of drug-likeness (QED) is 0.0582. The summed E-state index contributed by atoms with van der Waals surface area (Å²) in [6, 6.07) is 25.7. The van der Waals surface area contributed by atoms with E-state index >= 15 is 0 Å². The fourth-order valence-electron chi connectivity index (χ4n) is 10.6. The lowest BCUT2D eigenvalue weighted by Crippen LogP contribution is -2.57. The number of nitrogens with two attached hydrogens (primary N) is 1. The number of hydrogen-bond donors (Lipinski definition) is 3. The molecule has 2 fully saturated rings. The van der Waals surface area contributed by atoms with Crippen LogP contribution in [-0.4, -0.2) is 147 Å². The molecule has 17 nitrogen and oxygen atoms in total. The minimum absolute atomic E-state index is 0.00390. The highest BCUT2D eigenvalue weighted by Crippen LogP contribution is 2.34. The summed E-state index contributed by atoms with van der Waals surface area (Å²) in [5.41, 5.74) is 6.76. The Kier molecular flexibility index (Phi) is 22.0. The fraction of sp³-hybridized carbons (Fsp3) is 0.548. The lowest BCUT2D eigenvalue weighted by molar-refractivity contribution is -0.144. The Morgan fingerprint density at radius 2 is 1.16 bits per heavy atom. The highest BCUT2D eigenvalue weighted by Gasteiger charge is 2.43. The predicted molar refractivity (Wildman–Crippen MR) is 316 cm³/mol. The summed E-state index contributed by atoms with van der Waals surface area (Å²) in [7, 11) is -8.31. The van der Waals surface area contributed by atoms with Crippen molar-refractivity contribution >= 4 is 66.0 Å². The third kappa shape index (κ3) is 17.5. The highest BCUT2D eigenvalue weighted by atomic mass is 32.2. The molecule has 2 aliphatic heterocycles. The first-order valence-corrected chi connectivity index (χ1v) is 31.8. The smallest absolute Gasteiger partial charge is 0.246 e. The van der Waals surface area contributed by atoms with Gasteiger partial charge in [-0.1, -0.05) is 128 Å². The number of rotatable bonds is 26. The number of sulfonamides is 1. The van der Waals surface area contributed by atoms with Crippen LogP contribution < -0.4 is 15.8 Å². The predicted octanol–water partition coefficient (Wildman–Crippen LogP) is 6.95. The van der Waals surface area contributed by atoms with Crippen molar-refractivity contribution in [3.63, 3.8) is 0 Å². The third-order valence-electron chi connectivity index (χ3n) is 16.1. The van der Waals surface area contributed by atoms with Gasteiger partial charge in [0.05, 0.1) is 28.1 Å². The molecule has 0 unspecified atom stereocenters. The maximum atomic E-state index is 14.3. The van der Waals surface area contributed by atoms with E-state index in [-0.39, 0.29) is 89.7 Å². The molecular formula is C62H87N7O10S2. The van der Waals surface area contributed by atoms with Gasteiger partial charge in [-0.25, -0.2) is 21.6 Å². The molecule has 0 aliphatic carbocycles. The number of Topliss-reactive ketones (excluding diaryl/α,β-unsaturated/α-hetero) is 1. The Balaban J connectivity index is 1.13. The van der Waals surface area contributed by atoms with E-state index < -0.39 is 66.9 Å². The monoisotopic (exact) mass is 1150 g/mol. The SMILES string of the molecule is CC[C@@H](C)C(=O)N[C@H](C(=O)N1CCC[C@H]1CN(CCc1ccccc1)C(=O)CCS(=O)(=O)c1ccc2cc(S(=O)(=O)NCC(=O)N(CCc3ccccc3)C[C@@H]3CCCN3C(=O)[C@@H](CC(=O)[C@H](C)N)C(C)(C)C)ccc2c1)C(C)(C)C. The third-order valence-corrected chi connectivity index (χ3v) is 19.2. The number of hydrogen-bond acceptors (Lipinski definition) is 11. The molecule has 4 aromatic carbocycles.